The fourth-order valence-corrected chi connectivity index (χ4v) is 4.51. The van der Waals surface area contributed by atoms with Crippen molar-refractivity contribution in [2.24, 2.45) is 0 Å². The number of hydrogen-bond donors (Lipinski definition) is 1. The Morgan fingerprint density at radius 3 is 2.00 bits per heavy atom. The largest absolute Gasteiger partial charge is 0.507 e. The van der Waals surface area contributed by atoms with Crippen LogP contribution in [-0.4, -0.2) is 38.4 Å². The van der Waals surface area contributed by atoms with Crippen molar-refractivity contribution in [1.29, 1.82) is 0 Å². The maximum absolute atomic E-state index is 13.0. The van der Waals surface area contributed by atoms with Crippen LogP contribution in [0.1, 0.15) is 68.6 Å². The average molecular weight is 497 g/mol. The number of rotatable bonds is 5. The van der Waals surface area contributed by atoms with E-state index in [2.05, 4.69) is 0 Å². The lowest BCUT2D eigenvalue weighted by atomic mass is 9.78. The van der Waals surface area contributed by atoms with Gasteiger partial charge in [0.1, 0.15) is 5.75 Å². The van der Waals surface area contributed by atoms with Gasteiger partial charge in [-0.05, 0) is 58.5 Å². The van der Waals surface area contributed by atoms with Gasteiger partial charge in [0.05, 0.1) is 16.4 Å². The number of nitro benzene ring substituents is 1. The first-order valence-electron chi connectivity index (χ1n) is 11.0. The van der Waals surface area contributed by atoms with Gasteiger partial charge in [-0.3, -0.25) is 29.4 Å². The molecule has 0 bridgehead atoms. The molecule has 0 radical (unpaired) electrons. The number of non-ortho nitro benzene ring substituents is 1. The van der Waals surface area contributed by atoms with Crippen LogP contribution in [0.3, 0.4) is 0 Å². The number of amides is 2. The molecule has 184 valence electrons. The summed E-state index contributed by atoms with van der Waals surface area (Å²) in [7, 11) is 0. The summed E-state index contributed by atoms with van der Waals surface area (Å²) in [6, 6.07) is 8.61. The van der Waals surface area contributed by atoms with Crippen LogP contribution < -0.4 is 0 Å². The zero-order valence-electron chi connectivity index (χ0n) is 20.5. The molecule has 2 amide bonds. The second-order valence-corrected chi connectivity index (χ2v) is 11.5. The number of phenols is 1. The highest BCUT2D eigenvalue weighted by atomic mass is 32.2. The summed E-state index contributed by atoms with van der Waals surface area (Å²) in [6.07, 6.45) is 1.60. The third-order valence-corrected chi connectivity index (χ3v) is 6.53. The summed E-state index contributed by atoms with van der Waals surface area (Å²) in [6.45, 7) is 11.4. The van der Waals surface area contributed by atoms with Crippen LogP contribution in [0.15, 0.2) is 41.3 Å². The van der Waals surface area contributed by atoms with E-state index >= 15 is 0 Å². The minimum atomic E-state index is -0.585. The van der Waals surface area contributed by atoms with Crippen molar-refractivity contribution < 1.29 is 24.4 Å². The van der Waals surface area contributed by atoms with Crippen LogP contribution >= 0.6 is 11.8 Å². The Hall–Kier alpha value is -3.46. The van der Waals surface area contributed by atoms with Gasteiger partial charge in [-0.2, -0.15) is 0 Å². The van der Waals surface area contributed by atoms with Gasteiger partial charge in [0.25, 0.3) is 16.8 Å². The number of carbonyl (C=O) groups is 3. The topological polar surface area (TPSA) is 118 Å². The van der Waals surface area contributed by atoms with Crippen LogP contribution in [0, 0.1) is 10.1 Å². The number of imide groups is 1. The number of Topliss-reactive ketones (excluding diaryl/α,β-unsaturated/α-hetero) is 1. The lowest BCUT2D eigenvalue weighted by molar-refractivity contribution is -0.384. The highest BCUT2D eigenvalue weighted by Gasteiger charge is 2.37. The van der Waals surface area contributed by atoms with E-state index in [9.17, 15) is 29.6 Å². The minimum Gasteiger partial charge on any atom is -0.507 e. The molecule has 0 atom stereocenters. The minimum absolute atomic E-state index is 0.159. The lowest BCUT2D eigenvalue weighted by Crippen LogP contribution is -2.33. The van der Waals surface area contributed by atoms with Crippen LogP contribution in [0.4, 0.5) is 10.5 Å². The molecule has 0 aromatic heterocycles. The van der Waals surface area contributed by atoms with E-state index in [1.165, 1.54) is 24.3 Å². The Morgan fingerprint density at radius 2 is 1.54 bits per heavy atom. The number of carbonyl (C=O) groups excluding carboxylic acids is 3. The fourth-order valence-electron chi connectivity index (χ4n) is 3.68. The number of ketones is 1. The van der Waals surface area contributed by atoms with Gasteiger partial charge in [-0.15, -0.1) is 0 Å². The highest BCUT2D eigenvalue weighted by Crippen LogP contribution is 2.41. The maximum Gasteiger partial charge on any atom is 0.293 e. The number of benzene rings is 2. The molecule has 8 nitrogen and oxygen atoms in total. The third-order valence-electron chi connectivity index (χ3n) is 5.62. The molecule has 0 saturated carbocycles. The number of hydrogen-bond acceptors (Lipinski definition) is 7. The number of phenolic OH excluding ortho intramolecular Hbond substituents is 1. The monoisotopic (exact) mass is 496 g/mol. The first-order valence-corrected chi connectivity index (χ1v) is 11.8. The molecule has 2 aromatic carbocycles. The molecule has 3 rings (SSSR count). The molecule has 1 fully saturated rings. The molecule has 1 aliphatic heterocycles. The SMILES string of the molecule is CC(C)(C)c1cc(/C=C2\SC(=O)N(CC(=O)c3ccc([N+](=O)[O-])cc3)C2=O)cc(C(C)(C)C)c1O. The molecule has 0 unspecified atom stereocenters. The van der Waals surface area contributed by atoms with Crippen molar-refractivity contribution in [1.82, 2.24) is 4.90 Å². The number of nitrogens with zero attached hydrogens (tertiary/aromatic N) is 2. The summed E-state index contributed by atoms with van der Waals surface area (Å²) < 4.78 is 0. The maximum atomic E-state index is 13.0. The van der Waals surface area contributed by atoms with E-state index in [1.807, 2.05) is 41.5 Å². The molecular formula is C26H28N2O6S. The van der Waals surface area contributed by atoms with Crippen LogP contribution in [0.25, 0.3) is 6.08 Å². The first-order chi connectivity index (χ1) is 16.1. The number of thioether (sulfide) groups is 1. The molecular weight excluding hydrogens is 468 g/mol. The van der Waals surface area contributed by atoms with Crippen LogP contribution in [0.2, 0.25) is 0 Å². The Bertz CT molecular complexity index is 1220. The van der Waals surface area contributed by atoms with E-state index in [4.69, 9.17) is 0 Å². The summed E-state index contributed by atoms with van der Waals surface area (Å²) in [5.41, 5.74) is 1.42. The predicted octanol–water partition coefficient (Wildman–Crippen LogP) is 5.81. The summed E-state index contributed by atoms with van der Waals surface area (Å²) in [5.74, 6) is -0.875. The molecule has 2 aromatic rings. The molecule has 0 aliphatic carbocycles. The summed E-state index contributed by atoms with van der Waals surface area (Å²) in [5, 5.41) is 21.1. The Balaban J connectivity index is 1.91. The Labute approximate surface area is 208 Å². The van der Waals surface area contributed by atoms with Crippen molar-refractivity contribution in [2.75, 3.05) is 6.54 Å². The van der Waals surface area contributed by atoms with Crippen molar-refractivity contribution in [3.63, 3.8) is 0 Å². The Morgan fingerprint density at radius 1 is 1.03 bits per heavy atom. The average Bonchev–Trinajstić information content (AvgIpc) is 3.00. The van der Waals surface area contributed by atoms with Gasteiger partial charge < -0.3 is 5.11 Å². The molecule has 1 heterocycles. The number of aromatic hydroxyl groups is 1. The van der Waals surface area contributed by atoms with Crippen molar-refractivity contribution in [3.05, 3.63) is 73.7 Å². The fraction of sp³-hybridized carbons (Fsp3) is 0.346. The highest BCUT2D eigenvalue weighted by molar-refractivity contribution is 8.18. The van der Waals surface area contributed by atoms with Gasteiger partial charge in [0.2, 0.25) is 0 Å². The second-order valence-electron chi connectivity index (χ2n) is 10.5. The molecule has 1 N–H and O–H groups in total. The first kappa shape index (κ1) is 26.2. The molecule has 9 heteroatoms. The van der Waals surface area contributed by atoms with Gasteiger partial charge in [0.15, 0.2) is 5.78 Å². The van der Waals surface area contributed by atoms with Crippen molar-refractivity contribution >= 4 is 40.5 Å². The standard InChI is InChI=1S/C26H28N2O6S/c1-25(2,3)18-11-15(12-19(22(18)30)26(4,5)6)13-21-23(31)27(24(32)35-21)14-20(29)16-7-9-17(10-8-16)28(33)34/h7-13,30H,14H2,1-6H3/b21-13-. The van der Waals surface area contributed by atoms with Gasteiger partial charge in [-0.1, -0.05) is 41.5 Å². The quantitative estimate of drug-likeness (QED) is 0.240. The van der Waals surface area contributed by atoms with E-state index in [0.29, 0.717) is 5.56 Å². The number of nitro groups is 1. The normalized spacial score (nSPS) is 15.7. The molecule has 35 heavy (non-hydrogen) atoms. The molecule has 1 aliphatic rings. The Kier molecular flexibility index (Phi) is 6.95. The van der Waals surface area contributed by atoms with Gasteiger partial charge >= 0.3 is 0 Å². The van der Waals surface area contributed by atoms with Crippen molar-refractivity contribution in [2.45, 2.75) is 52.4 Å². The molecule has 0 spiro atoms. The van der Waals surface area contributed by atoms with Crippen LogP contribution in [0.5, 0.6) is 5.75 Å². The molecule has 1 saturated heterocycles. The van der Waals surface area contributed by atoms with Crippen LogP contribution in [-0.2, 0) is 15.6 Å². The second kappa shape index (κ2) is 9.30. The zero-order valence-corrected chi connectivity index (χ0v) is 21.4. The van der Waals surface area contributed by atoms with E-state index < -0.39 is 28.4 Å². The smallest absolute Gasteiger partial charge is 0.293 e. The predicted molar refractivity (Wildman–Crippen MR) is 136 cm³/mol. The third kappa shape index (κ3) is 5.62. The van der Waals surface area contributed by atoms with E-state index in [-0.39, 0.29) is 32.7 Å². The zero-order chi connectivity index (χ0) is 26.3. The lowest BCUT2D eigenvalue weighted by Gasteiger charge is -2.28. The van der Waals surface area contributed by atoms with Crippen molar-refractivity contribution in [3.8, 4) is 5.75 Å². The van der Waals surface area contributed by atoms with E-state index in [0.717, 1.165) is 27.8 Å². The van der Waals surface area contributed by atoms with Gasteiger partial charge in [0, 0.05) is 28.8 Å². The summed E-state index contributed by atoms with van der Waals surface area (Å²) in [4.78, 5) is 49.4. The summed E-state index contributed by atoms with van der Waals surface area (Å²) >= 11 is 0.746. The van der Waals surface area contributed by atoms with E-state index in [1.54, 1.807) is 18.2 Å². The van der Waals surface area contributed by atoms with Gasteiger partial charge in [-0.25, -0.2) is 0 Å².